The molecule has 0 atom stereocenters. The summed E-state index contributed by atoms with van der Waals surface area (Å²) in [5.41, 5.74) is 3.04. The van der Waals surface area contributed by atoms with E-state index in [-0.39, 0.29) is 0 Å². The molecule has 0 aliphatic carbocycles. The van der Waals surface area contributed by atoms with Crippen LogP contribution in [0.3, 0.4) is 0 Å². The quantitative estimate of drug-likeness (QED) is 0.871. The van der Waals surface area contributed by atoms with Gasteiger partial charge in [0.2, 0.25) is 0 Å². The van der Waals surface area contributed by atoms with E-state index in [2.05, 4.69) is 16.1 Å². The van der Waals surface area contributed by atoms with Gasteiger partial charge in [-0.05, 0) is 43.0 Å². The van der Waals surface area contributed by atoms with Crippen LogP contribution in [0.2, 0.25) is 0 Å². The lowest BCUT2D eigenvalue weighted by Crippen LogP contribution is -2.34. The van der Waals surface area contributed by atoms with E-state index < -0.39 is 10.2 Å². The third-order valence-electron chi connectivity index (χ3n) is 3.79. The molecule has 0 radical (unpaired) electrons. The molecule has 3 rings (SSSR count). The lowest BCUT2D eigenvalue weighted by atomic mass is 10.00. The van der Waals surface area contributed by atoms with Gasteiger partial charge in [-0.1, -0.05) is 12.1 Å². The fraction of sp³-hybridized carbons (Fsp3) is 0.538. The summed E-state index contributed by atoms with van der Waals surface area (Å²) in [6, 6.07) is 5.84. The third-order valence-corrected chi connectivity index (χ3v) is 5.31. The van der Waals surface area contributed by atoms with Crippen molar-refractivity contribution in [3.8, 4) is 0 Å². The van der Waals surface area contributed by atoms with Crippen molar-refractivity contribution in [2.75, 3.05) is 24.4 Å². The van der Waals surface area contributed by atoms with Gasteiger partial charge in [-0.25, -0.2) is 0 Å². The second kappa shape index (κ2) is 5.11. The van der Waals surface area contributed by atoms with Crippen molar-refractivity contribution in [1.29, 1.82) is 0 Å². The van der Waals surface area contributed by atoms with Crippen LogP contribution in [0.4, 0.5) is 5.69 Å². The molecule has 1 aromatic rings. The maximum atomic E-state index is 12.3. The van der Waals surface area contributed by atoms with Gasteiger partial charge in [-0.2, -0.15) is 12.7 Å². The minimum atomic E-state index is -3.39. The number of hydrogen-bond acceptors (Lipinski definition) is 3. The smallest absolute Gasteiger partial charge is 0.301 e. The number of fused-ring (bicyclic) bond motifs is 1. The highest BCUT2D eigenvalue weighted by atomic mass is 32.2. The van der Waals surface area contributed by atoms with E-state index in [0.717, 1.165) is 43.6 Å². The zero-order chi connectivity index (χ0) is 13.3. The molecule has 0 bridgehead atoms. The van der Waals surface area contributed by atoms with Gasteiger partial charge in [0.25, 0.3) is 0 Å². The molecule has 0 aromatic heterocycles. The number of anilines is 1. The van der Waals surface area contributed by atoms with Gasteiger partial charge in [-0.15, -0.1) is 0 Å². The van der Waals surface area contributed by atoms with Gasteiger partial charge in [0.05, 0.1) is 5.69 Å². The molecule has 2 aliphatic rings. The molecule has 0 saturated carbocycles. The Bertz CT molecular complexity index is 565. The molecule has 1 fully saturated rings. The van der Waals surface area contributed by atoms with Crippen molar-refractivity contribution in [1.82, 2.24) is 9.62 Å². The Hall–Kier alpha value is -1.11. The van der Waals surface area contributed by atoms with Crippen LogP contribution in [0.5, 0.6) is 0 Å². The van der Waals surface area contributed by atoms with Crippen LogP contribution in [0.25, 0.3) is 0 Å². The highest BCUT2D eigenvalue weighted by Gasteiger charge is 2.26. The van der Waals surface area contributed by atoms with Crippen LogP contribution in [-0.2, 0) is 23.2 Å². The van der Waals surface area contributed by atoms with E-state index in [9.17, 15) is 8.42 Å². The van der Waals surface area contributed by atoms with Crippen LogP contribution in [0, 0.1) is 0 Å². The molecular formula is C13H19N3O2S. The molecule has 0 unspecified atom stereocenters. The van der Waals surface area contributed by atoms with Gasteiger partial charge < -0.3 is 5.32 Å². The maximum Gasteiger partial charge on any atom is 0.301 e. The number of rotatable bonds is 3. The summed E-state index contributed by atoms with van der Waals surface area (Å²) < 4.78 is 28.8. The Morgan fingerprint density at radius 3 is 2.79 bits per heavy atom. The Balaban J connectivity index is 1.87. The molecule has 5 nitrogen and oxygen atoms in total. The largest absolute Gasteiger partial charge is 0.312 e. The Kier molecular flexibility index (Phi) is 3.47. The van der Waals surface area contributed by atoms with Crippen LogP contribution < -0.4 is 10.0 Å². The molecule has 19 heavy (non-hydrogen) atoms. The standard InChI is InChI=1S/C13H19N3O2S/c17-19(18,16-8-1-2-9-16)15-13-5-3-4-11-6-7-14-10-12(11)13/h3-5,14-15H,1-2,6-10H2. The summed E-state index contributed by atoms with van der Waals surface area (Å²) in [4.78, 5) is 0. The highest BCUT2D eigenvalue weighted by molar-refractivity contribution is 7.90. The van der Waals surface area contributed by atoms with E-state index >= 15 is 0 Å². The zero-order valence-corrected chi connectivity index (χ0v) is 11.7. The van der Waals surface area contributed by atoms with E-state index in [0.29, 0.717) is 13.1 Å². The first-order valence-corrected chi connectivity index (χ1v) is 8.20. The Morgan fingerprint density at radius 2 is 2.00 bits per heavy atom. The number of benzene rings is 1. The van der Waals surface area contributed by atoms with Crippen molar-refractivity contribution in [2.45, 2.75) is 25.8 Å². The fourth-order valence-corrected chi connectivity index (χ4v) is 4.08. The van der Waals surface area contributed by atoms with Gasteiger partial charge in [0, 0.05) is 19.6 Å². The van der Waals surface area contributed by atoms with Crippen molar-refractivity contribution in [3.05, 3.63) is 29.3 Å². The molecule has 0 amide bonds. The lowest BCUT2D eigenvalue weighted by Gasteiger charge is -2.23. The molecule has 104 valence electrons. The van der Waals surface area contributed by atoms with E-state index in [1.807, 2.05) is 12.1 Å². The molecule has 2 heterocycles. The average Bonchev–Trinajstić information content (AvgIpc) is 2.93. The molecular weight excluding hydrogens is 262 g/mol. The van der Waals surface area contributed by atoms with Crippen LogP contribution in [0.15, 0.2) is 18.2 Å². The van der Waals surface area contributed by atoms with Crippen molar-refractivity contribution < 1.29 is 8.42 Å². The average molecular weight is 281 g/mol. The SMILES string of the molecule is O=S(=O)(Nc1cccc2c1CNCC2)N1CCCC1. The second-order valence-corrected chi connectivity index (χ2v) is 6.75. The molecule has 2 N–H and O–H groups in total. The fourth-order valence-electron chi connectivity index (χ4n) is 2.74. The van der Waals surface area contributed by atoms with E-state index in [1.54, 1.807) is 0 Å². The topological polar surface area (TPSA) is 61.4 Å². The molecule has 0 spiro atoms. The van der Waals surface area contributed by atoms with E-state index in [1.165, 1.54) is 9.87 Å². The summed E-state index contributed by atoms with van der Waals surface area (Å²) in [6.07, 6.45) is 2.86. The Labute approximate surface area is 114 Å². The van der Waals surface area contributed by atoms with Crippen molar-refractivity contribution >= 4 is 15.9 Å². The first kappa shape index (κ1) is 12.9. The first-order chi connectivity index (χ1) is 9.17. The summed E-state index contributed by atoms with van der Waals surface area (Å²) >= 11 is 0. The van der Waals surface area contributed by atoms with Gasteiger partial charge >= 0.3 is 10.2 Å². The predicted molar refractivity (Wildman–Crippen MR) is 75.2 cm³/mol. The van der Waals surface area contributed by atoms with Crippen molar-refractivity contribution in [2.24, 2.45) is 0 Å². The monoisotopic (exact) mass is 281 g/mol. The zero-order valence-electron chi connectivity index (χ0n) is 10.9. The van der Waals surface area contributed by atoms with Crippen LogP contribution in [-0.4, -0.2) is 32.4 Å². The molecule has 1 saturated heterocycles. The van der Waals surface area contributed by atoms with Crippen molar-refractivity contribution in [3.63, 3.8) is 0 Å². The summed E-state index contributed by atoms with van der Waals surface area (Å²) in [5, 5.41) is 3.29. The molecule has 1 aromatic carbocycles. The van der Waals surface area contributed by atoms with Gasteiger partial charge in [0.15, 0.2) is 0 Å². The molecule has 6 heteroatoms. The van der Waals surface area contributed by atoms with Crippen LogP contribution >= 0.6 is 0 Å². The Morgan fingerprint density at radius 1 is 1.21 bits per heavy atom. The lowest BCUT2D eigenvalue weighted by molar-refractivity contribution is 0.482. The third kappa shape index (κ3) is 2.61. The second-order valence-electron chi connectivity index (χ2n) is 5.08. The summed E-state index contributed by atoms with van der Waals surface area (Å²) in [6.45, 7) is 2.94. The van der Waals surface area contributed by atoms with Gasteiger partial charge in [0.1, 0.15) is 0 Å². The highest BCUT2D eigenvalue weighted by Crippen LogP contribution is 2.25. The normalized spacial score (nSPS) is 20.2. The number of hydrogen-bond donors (Lipinski definition) is 2. The summed E-state index contributed by atoms with van der Waals surface area (Å²) in [5.74, 6) is 0. The number of nitrogens with zero attached hydrogens (tertiary/aromatic N) is 1. The minimum absolute atomic E-state index is 0.628. The first-order valence-electron chi connectivity index (χ1n) is 6.76. The summed E-state index contributed by atoms with van der Waals surface area (Å²) in [7, 11) is -3.39. The predicted octanol–water partition coefficient (Wildman–Crippen LogP) is 1.08. The minimum Gasteiger partial charge on any atom is -0.312 e. The van der Waals surface area contributed by atoms with E-state index in [4.69, 9.17) is 0 Å². The molecule has 2 aliphatic heterocycles. The van der Waals surface area contributed by atoms with Crippen LogP contribution in [0.1, 0.15) is 24.0 Å². The maximum absolute atomic E-state index is 12.3. The number of nitrogens with one attached hydrogen (secondary N) is 2. The van der Waals surface area contributed by atoms with Gasteiger partial charge in [-0.3, -0.25) is 4.72 Å².